The molecule has 1 saturated heterocycles. The van der Waals surface area contributed by atoms with E-state index in [1.54, 1.807) is 7.11 Å². The summed E-state index contributed by atoms with van der Waals surface area (Å²) < 4.78 is 11.2. The molecule has 2 N–H and O–H groups in total. The Hall–Kier alpha value is -2.23. The van der Waals surface area contributed by atoms with Crippen LogP contribution in [-0.4, -0.2) is 56.4 Å². The van der Waals surface area contributed by atoms with Crippen molar-refractivity contribution in [2.24, 2.45) is 4.99 Å². The van der Waals surface area contributed by atoms with E-state index < -0.39 is 0 Å². The van der Waals surface area contributed by atoms with Gasteiger partial charge in [0.1, 0.15) is 23.4 Å². The first-order valence-electron chi connectivity index (χ1n) is 11.1. The lowest BCUT2D eigenvalue weighted by Gasteiger charge is -2.34. The fourth-order valence-electron chi connectivity index (χ4n) is 3.56. The van der Waals surface area contributed by atoms with E-state index in [2.05, 4.69) is 46.5 Å². The standard InChI is InChI=1S/C24H35N5O2.HI/c1-5-25-24(27-17-19(3)31-22-9-7-21(30-4)8-10-22)28-20-12-14-29(15-13-20)23-11-6-18(2)16-26-23;/h6-11,16,19-20H,5,12-15,17H2,1-4H3,(H2,25,27,28);1H. The molecule has 2 heterocycles. The first-order chi connectivity index (χ1) is 15.1. The van der Waals surface area contributed by atoms with Crippen LogP contribution in [0.4, 0.5) is 5.82 Å². The number of benzene rings is 1. The molecule has 1 fully saturated rings. The van der Waals surface area contributed by atoms with Gasteiger partial charge in [0.25, 0.3) is 0 Å². The Balaban J connectivity index is 0.00000363. The van der Waals surface area contributed by atoms with Crippen LogP contribution in [0.1, 0.15) is 32.3 Å². The summed E-state index contributed by atoms with van der Waals surface area (Å²) in [5, 5.41) is 6.95. The Bertz CT molecular complexity index is 821. The van der Waals surface area contributed by atoms with Gasteiger partial charge in [0.05, 0.1) is 13.7 Å². The molecule has 176 valence electrons. The number of methoxy groups -OCH3 is 1. The molecule has 7 nitrogen and oxygen atoms in total. The lowest BCUT2D eigenvalue weighted by Crippen LogP contribution is -2.49. The summed E-state index contributed by atoms with van der Waals surface area (Å²) in [6.07, 6.45) is 4.01. The van der Waals surface area contributed by atoms with Crippen molar-refractivity contribution in [3.8, 4) is 11.5 Å². The molecular weight excluding hydrogens is 517 g/mol. The van der Waals surface area contributed by atoms with E-state index in [-0.39, 0.29) is 30.1 Å². The fraction of sp³-hybridized carbons (Fsp3) is 0.500. The third-order valence-corrected chi connectivity index (χ3v) is 5.30. The summed E-state index contributed by atoms with van der Waals surface area (Å²) in [6, 6.07) is 12.3. The first kappa shape index (κ1) is 26.0. The highest BCUT2D eigenvalue weighted by Gasteiger charge is 2.21. The predicted octanol–water partition coefficient (Wildman–Crippen LogP) is 4.01. The average Bonchev–Trinajstić information content (AvgIpc) is 2.79. The average molecular weight is 553 g/mol. The number of guanidine groups is 1. The maximum absolute atomic E-state index is 5.97. The highest BCUT2D eigenvalue weighted by atomic mass is 127. The number of nitrogens with one attached hydrogen (secondary N) is 2. The smallest absolute Gasteiger partial charge is 0.191 e. The van der Waals surface area contributed by atoms with Crippen molar-refractivity contribution >= 4 is 35.8 Å². The van der Waals surface area contributed by atoms with Crippen LogP contribution in [0, 0.1) is 6.92 Å². The maximum atomic E-state index is 5.97. The first-order valence-corrected chi connectivity index (χ1v) is 11.1. The molecule has 1 aliphatic rings. The molecule has 1 aromatic heterocycles. The van der Waals surface area contributed by atoms with Crippen LogP contribution in [0.2, 0.25) is 0 Å². The van der Waals surface area contributed by atoms with Gasteiger partial charge in [0.2, 0.25) is 0 Å². The van der Waals surface area contributed by atoms with Crippen LogP contribution in [-0.2, 0) is 0 Å². The Morgan fingerprint density at radius 2 is 1.84 bits per heavy atom. The second kappa shape index (κ2) is 13.3. The van der Waals surface area contributed by atoms with Crippen molar-refractivity contribution in [2.45, 2.75) is 45.8 Å². The van der Waals surface area contributed by atoms with E-state index in [0.717, 1.165) is 55.8 Å². The van der Waals surface area contributed by atoms with Crippen molar-refractivity contribution in [2.75, 3.05) is 38.2 Å². The Morgan fingerprint density at radius 3 is 2.44 bits per heavy atom. The fourth-order valence-corrected chi connectivity index (χ4v) is 3.56. The predicted molar refractivity (Wildman–Crippen MR) is 142 cm³/mol. The molecule has 0 amide bonds. The van der Waals surface area contributed by atoms with Crippen LogP contribution in [0.25, 0.3) is 0 Å². The van der Waals surface area contributed by atoms with E-state index in [4.69, 9.17) is 14.5 Å². The minimum atomic E-state index is -0.0293. The largest absolute Gasteiger partial charge is 0.497 e. The van der Waals surface area contributed by atoms with Gasteiger partial charge in [-0.1, -0.05) is 6.07 Å². The number of aliphatic imine (C=N–C) groups is 1. The molecule has 1 unspecified atom stereocenters. The van der Waals surface area contributed by atoms with E-state index in [9.17, 15) is 0 Å². The van der Waals surface area contributed by atoms with Crippen molar-refractivity contribution < 1.29 is 9.47 Å². The number of piperidine rings is 1. The van der Waals surface area contributed by atoms with E-state index in [1.807, 2.05) is 37.4 Å². The topological polar surface area (TPSA) is 71.0 Å². The summed E-state index contributed by atoms with van der Waals surface area (Å²) >= 11 is 0. The molecule has 32 heavy (non-hydrogen) atoms. The lowest BCUT2D eigenvalue weighted by atomic mass is 10.1. The number of halogens is 1. The van der Waals surface area contributed by atoms with E-state index in [1.165, 1.54) is 5.56 Å². The number of ether oxygens (including phenoxy) is 2. The molecule has 0 bridgehead atoms. The monoisotopic (exact) mass is 553 g/mol. The number of nitrogens with zero attached hydrogens (tertiary/aromatic N) is 3. The van der Waals surface area contributed by atoms with Gasteiger partial charge < -0.3 is 25.0 Å². The minimum absolute atomic E-state index is 0. The summed E-state index contributed by atoms with van der Waals surface area (Å²) in [7, 11) is 1.66. The van der Waals surface area contributed by atoms with Gasteiger partial charge in [-0.15, -0.1) is 24.0 Å². The summed E-state index contributed by atoms with van der Waals surface area (Å²) in [5.74, 6) is 3.55. The lowest BCUT2D eigenvalue weighted by molar-refractivity contribution is 0.230. The molecule has 2 aromatic rings. The quantitative estimate of drug-likeness (QED) is 0.293. The summed E-state index contributed by atoms with van der Waals surface area (Å²) in [6.45, 7) is 9.56. The molecule has 1 atom stereocenters. The molecule has 0 saturated carbocycles. The molecule has 1 aromatic carbocycles. The normalized spacial score (nSPS) is 15.5. The number of hydrogen-bond donors (Lipinski definition) is 2. The van der Waals surface area contributed by atoms with Crippen LogP contribution >= 0.6 is 24.0 Å². The molecule has 3 rings (SSSR count). The zero-order chi connectivity index (χ0) is 22.1. The molecule has 8 heteroatoms. The number of hydrogen-bond acceptors (Lipinski definition) is 5. The number of rotatable bonds is 8. The number of anilines is 1. The van der Waals surface area contributed by atoms with Gasteiger partial charge in [-0.05, 0) is 69.5 Å². The molecule has 0 aliphatic carbocycles. The van der Waals surface area contributed by atoms with Crippen molar-refractivity contribution in [3.63, 3.8) is 0 Å². The van der Waals surface area contributed by atoms with Crippen LogP contribution in [0.5, 0.6) is 11.5 Å². The van der Waals surface area contributed by atoms with Crippen molar-refractivity contribution in [3.05, 3.63) is 48.2 Å². The van der Waals surface area contributed by atoms with Gasteiger partial charge in [0.15, 0.2) is 5.96 Å². The highest BCUT2D eigenvalue weighted by molar-refractivity contribution is 14.0. The SMILES string of the molecule is CCNC(=NCC(C)Oc1ccc(OC)cc1)NC1CCN(c2ccc(C)cn2)CC1.I. The Labute approximate surface area is 209 Å². The maximum Gasteiger partial charge on any atom is 0.191 e. The molecular formula is C24H36IN5O2. The third-order valence-electron chi connectivity index (χ3n) is 5.30. The van der Waals surface area contributed by atoms with Gasteiger partial charge in [-0.2, -0.15) is 0 Å². The van der Waals surface area contributed by atoms with Gasteiger partial charge in [0, 0.05) is 31.9 Å². The summed E-state index contributed by atoms with van der Waals surface area (Å²) in [5.41, 5.74) is 1.19. The minimum Gasteiger partial charge on any atom is -0.497 e. The van der Waals surface area contributed by atoms with Gasteiger partial charge in [-0.25, -0.2) is 9.98 Å². The van der Waals surface area contributed by atoms with Gasteiger partial charge >= 0.3 is 0 Å². The zero-order valence-corrected chi connectivity index (χ0v) is 21.8. The number of pyridine rings is 1. The Kier molecular flexibility index (Phi) is 10.9. The summed E-state index contributed by atoms with van der Waals surface area (Å²) in [4.78, 5) is 11.7. The van der Waals surface area contributed by atoms with Gasteiger partial charge in [-0.3, -0.25) is 0 Å². The second-order valence-corrected chi connectivity index (χ2v) is 7.92. The van der Waals surface area contributed by atoms with Crippen LogP contribution in [0.3, 0.4) is 0 Å². The van der Waals surface area contributed by atoms with Crippen molar-refractivity contribution in [1.29, 1.82) is 0 Å². The molecule has 0 radical (unpaired) electrons. The van der Waals surface area contributed by atoms with Crippen molar-refractivity contribution in [1.82, 2.24) is 15.6 Å². The molecule has 0 spiro atoms. The highest BCUT2D eigenvalue weighted by Crippen LogP contribution is 2.19. The Morgan fingerprint density at radius 1 is 1.16 bits per heavy atom. The second-order valence-electron chi connectivity index (χ2n) is 7.92. The van der Waals surface area contributed by atoms with E-state index >= 15 is 0 Å². The number of aromatic nitrogens is 1. The zero-order valence-electron chi connectivity index (χ0n) is 19.5. The molecule has 1 aliphatic heterocycles. The van der Waals surface area contributed by atoms with Crippen LogP contribution in [0.15, 0.2) is 47.6 Å². The van der Waals surface area contributed by atoms with Crippen LogP contribution < -0.4 is 25.0 Å². The van der Waals surface area contributed by atoms with E-state index in [0.29, 0.717) is 12.6 Å². The third kappa shape index (κ3) is 8.03. The number of aryl methyl sites for hydroxylation is 1.